The van der Waals surface area contributed by atoms with Crippen LogP contribution >= 0.6 is 0 Å². The molecular formula is C20H26O3. The normalized spacial score (nSPS) is 33.0. The van der Waals surface area contributed by atoms with E-state index < -0.39 is 0 Å². The van der Waals surface area contributed by atoms with Crippen LogP contribution in [-0.2, 0) is 9.53 Å². The van der Waals surface area contributed by atoms with Crippen molar-refractivity contribution in [3.05, 3.63) is 41.5 Å². The van der Waals surface area contributed by atoms with Crippen molar-refractivity contribution in [2.24, 2.45) is 23.7 Å². The first-order valence-corrected chi connectivity index (χ1v) is 8.62. The molecule has 124 valence electrons. The number of carbonyl (C=O) groups excluding carboxylic acids is 1. The van der Waals surface area contributed by atoms with E-state index in [0.717, 1.165) is 12.2 Å². The highest BCUT2D eigenvalue weighted by molar-refractivity contribution is 5.72. The number of ether oxygens (including phenoxy) is 2. The Bertz CT molecular complexity index is 619. The summed E-state index contributed by atoms with van der Waals surface area (Å²) < 4.78 is 11.8. The van der Waals surface area contributed by atoms with Gasteiger partial charge in [0, 0.05) is 17.9 Å². The molecule has 1 aromatic rings. The topological polar surface area (TPSA) is 35.5 Å². The number of carbonyl (C=O) groups is 1. The third-order valence-corrected chi connectivity index (χ3v) is 5.50. The average molecular weight is 314 g/mol. The van der Waals surface area contributed by atoms with Gasteiger partial charge in [0.05, 0.1) is 12.7 Å². The van der Waals surface area contributed by atoms with E-state index in [1.165, 1.54) is 5.57 Å². The van der Waals surface area contributed by atoms with Crippen LogP contribution in [0.25, 0.3) is 0 Å². The number of para-hydroxylation sites is 1. The number of fused-ring (bicyclic) bond motifs is 2. The number of hydrogen-bond acceptors (Lipinski definition) is 3. The van der Waals surface area contributed by atoms with Crippen LogP contribution in [0.4, 0.5) is 0 Å². The van der Waals surface area contributed by atoms with Crippen LogP contribution in [0, 0.1) is 23.7 Å². The Balaban J connectivity index is 1.96. The molecule has 0 spiro atoms. The Morgan fingerprint density at radius 1 is 1.30 bits per heavy atom. The van der Waals surface area contributed by atoms with Crippen LogP contribution in [0.1, 0.15) is 45.8 Å². The number of benzene rings is 1. The standard InChI is InChI=1S/C20H26O3/c1-5-18(21)23-17-9-7-6-8-15(17)20-19-13(3)10-12(2)16(11-22-20)14(19)4/h6-10,12,14,16,19-20H,5,11H2,1-4H3/t12-,14+,16+,19-,20-/m1/s1. The molecule has 2 bridgehead atoms. The fourth-order valence-electron chi connectivity index (χ4n) is 4.23. The van der Waals surface area contributed by atoms with Gasteiger partial charge in [0.25, 0.3) is 0 Å². The van der Waals surface area contributed by atoms with E-state index in [9.17, 15) is 4.79 Å². The predicted molar refractivity (Wildman–Crippen MR) is 90.1 cm³/mol. The van der Waals surface area contributed by atoms with Gasteiger partial charge >= 0.3 is 5.97 Å². The summed E-state index contributed by atoms with van der Waals surface area (Å²) in [5.41, 5.74) is 2.38. The van der Waals surface area contributed by atoms with Gasteiger partial charge in [-0.25, -0.2) is 0 Å². The van der Waals surface area contributed by atoms with Gasteiger partial charge in [-0.05, 0) is 30.7 Å². The minimum atomic E-state index is -0.205. The summed E-state index contributed by atoms with van der Waals surface area (Å²) in [6, 6.07) is 7.79. The van der Waals surface area contributed by atoms with Crippen molar-refractivity contribution in [3.63, 3.8) is 0 Å². The summed E-state index contributed by atoms with van der Waals surface area (Å²) in [7, 11) is 0. The van der Waals surface area contributed by atoms with Gasteiger partial charge in [0.2, 0.25) is 0 Å². The summed E-state index contributed by atoms with van der Waals surface area (Å²) in [5, 5.41) is 0. The molecular weight excluding hydrogens is 288 g/mol. The number of hydrogen-bond donors (Lipinski definition) is 0. The lowest BCUT2D eigenvalue weighted by Crippen LogP contribution is -2.42. The van der Waals surface area contributed by atoms with Gasteiger partial charge in [-0.15, -0.1) is 0 Å². The quantitative estimate of drug-likeness (QED) is 0.467. The maximum absolute atomic E-state index is 11.7. The lowest BCUT2D eigenvalue weighted by Gasteiger charge is -2.47. The molecule has 0 saturated carbocycles. The maximum atomic E-state index is 11.7. The molecule has 1 aliphatic heterocycles. The van der Waals surface area contributed by atoms with Crippen LogP contribution in [0.5, 0.6) is 5.75 Å². The monoisotopic (exact) mass is 314 g/mol. The summed E-state index contributed by atoms with van der Waals surface area (Å²) >= 11 is 0. The Morgan fingerprint density at radius 3 is 2.78 bits per heavy atom. The molecule has 3 nitrogen and oxygen atoms in total. The van der Waals surface area contributed by atoms with E-state index in [0.29, 0.717) is 35.8 Å². The number of esters is 1. The fraction of sp³-hybridized carbons (Fsp3) is 0.550. The summed E-state index contributed by atoms with van der Waals surface area (Å²) in [5.74, 6) is 2.50. The van der Waals surface area contributed by atoms with E-state index in [1.807, 2.05) is 31.2 Å². The third-order valence-electron chi connectivity index (χ3n) is 5.50. The Hall–Kier alpha value is -1.61. The molecule has 23 heavy (non-hydrogen) atoms. The Kier molecular flexibility index (Phi) is 4.58. The summed E-state index contributed by atoms with van der Waals surface area (Å²) in [6.45, 7) is 9.39. The zero-order valence-corrected chi connectivity index (χ0v) is 14.4. The minimum Gasteiger partial charge on any atom is -0.426 e. The number of rotatable bonds is 3. The molecule has 0 amide bonds. The van der Waals surface area contributed by atoms with E-state index in [2.05, 4.69) is 26.8 Å². The van der Waals surface area contributed by atoms with Crippen LogP contribution in [-0.4, -0.2) is 12.6 Å². The molecule has 0 aromatic heterocycles. The van der Waals surface area contributed by atoms with E-state index in [-0.39, 0.29) is 12.1 Å². The van der Waals surface area contributed by atoms with Crippen LogP contribution < -0.4 is 4.74 Å². The van der Waals surface area contributed by atoms with E-state index in [4.69, 9.17) is 9.47 Å². The molecule has 1 heterocycles. The van der Waals surface area contributed by atoms with Gasteiger partial charge in [-0.1, -0.05) is 50.6 Å². The predicted octanol–water partition coefficient (Wildman–Crippen LogP) is 4.54. The number of allylic oxidation sites excluding steroid dienone is 1. The van der Waals surface area contributed by atoms with Crippen molar-refractivity contribution in [3.8, 4) is 5.75 Å². The van der Waals surface area contributed by atoms with Crippen LogP contribution in [0.3, 0.4) is 0 Å². The first-order valence-electron chi connectivity index (χ1n) is 8.62. The molecule has 0 unspecified atom stereocenters. The molecule has 5 atom stereocenters. The largest absolute Gasteiger partial charge is 0.426 e. The molecule has 1 aliphatic carbocycles. The molecule has 1 aromatic carbocycles. The SMILES string of the molecule is CCC(=O)Oc1ccccc1[C@H]1OC[C@@H]2[C@H](C)[C@H]1C(C)=C[C@H]2C. The van der Waals surface area contributed by atoms with Gasteiger partial charge in [-0.3, -0.25) is 4.79 Å². The molecule has 0 radical (unpaired) electrons. The van der Waals surface area contributed by atoms with Gasteiger partial charge < -0.3 is 9.47 Å². The second kappa shape index (κ2) is 6.48. The average Bonchev–Trinajstić information content (AvgIpc) is 2.53. The van der Waals surface area contributed by atoms with E-state index >= 15 is 0 Å². The zero-order valence-electron chi connectivity index (χ0n) is 14.4. The summed E-state index contributed by atoms with van der Waals surface area (Å²) in [6.07, 6.45) is 2.73. The highest BCUT2D eigenvalue weighted by Crippen LogP contribution is 2.50. The first kappa shape index (κ1) is 16.3. The zero-order chi connectivity index (χ0) is 16.6. The highest BCUT2D eigenvalue weighted by Gasteiger charge is 2.44. The molecule has 3 heteroatoms. The van der Waals surface area contributed by atoms with Crippen molar-refractivity contribution in [1.29, 1.82) is 0 Å². The fourth-order valence-corrected chi connectivity index (χ4v) is 4.23. The lowest BCUT2D eigenvalue weighted by atomic mass is 9.64. The molecule has 2 aliphatic rings. The van der Waals surface area contributed by atoms with Crippen molar-refractivity contribution in [2.75, 3.05) is 6.61 Å². The first-order chi connectivity index (χ1) is 11.0. The van der Waals surface area contributed by atoms with Crippen molar-refractivity contribution < 1.29 is 14.3 Å². The highest BCUT2D eigenvalue weighted by atomic mass is 16.5. The summed E-state index contributed by atoms with van der Waals surface area (Å²) in [4.78, 5) is 11.7. The van der Waals surface area contributed by atoms with Gasteiger partial charge in [-0.2, -0.15) is 0 Å². The van der Waals surface area contributed by atoms with Gasteiger partial charge in [0.1, 0.15) is 5.75 Å². The van der Waals surface area contributed by atoms with Crippen molar-refractivity contribution in [1.82, 2.24) is 0 Å². The lowest BCUT2D eigenvalue weighted by molar-refractivity contribution is -0.134. The van der Waals surface area contributed by atoms with Crippen LogP contribution in [0.2, 0.25) is 0 Å². The van der Waals surface area contributed by atoms with Crippen molar-refractivity contribution >= 4 is 5.97 Å². The molecule has 3 rings (SSSR count). The van der Waals surface area contributed by atoms with Crippen LogP contribution in [0.15, 0.2) is 35.9 Å². The maximum Gasteiger partial charge on any atom is 0.310 e. The van der Waals surface area contributed by atoms with Crippen molar-refractivity contribution in [2.45, 2.75) is 40.2 Å². The van der Waals surface area contributed by atoms with Gasteiger partial charge in [0.15, 0.2) is 0 Å². The Labute approximate surface area is 138 Å². The minimum absolute atomic E-state index is 0.0362. The molecule has 0 N–H and O–H groups in total. The Morgan fingerprint density at radius 2 is 2.04 bits per heavy atom. The van der Waals surface area contributed by atoms with E-state index in [1.54, 1.807) is 0 Å². The second-order valence-corrected chi connectivity index (χ2v) is 6.94. The third kappa shape index (κ3) is 2.94. The molecule has 1 saturated heterocycles. The smallest absolute Gasteiger partial charge is 0.310 e. The molecule has 1 fully saturated rings. The second-order valence-electron chi connectivity index (χ2n) is 6.94.